The Morgan fingerprint density at radius 2 is 1.48 bits per heavy atom. The molecule has 2 aliphatic heterocycles. The molecule has 7 heteroatoms. The largest absolute Gasteiger partial charge is 0.633 e. The monoisotopic (exact) mass is 332 g/mol. The predicted octanol–water partition coefficient (Wildman–Crippen LogP) is 1.24. The smallest absolute Gasteiger partial charge is 0.309 e. The number of likely N-dealkylation sites (tertiary alicyclic amines) is 2. The van der Waals surface area contributed by atoms with Crippen LogP contribution in [-0.4, -0.2) is 73.9 Å². The maximum Gasteiger partial charge on any atom is 0.309 e. The van der Waals surface area contributed by atoms with Crippen molar-refractivity contribution >= 4 is 5.97 Å². The third-order valence-electron chi connectivity index (χ3n) is 4.80. The van der Waals surface area contributed by atoms with E-state index in [1.807, 2.05) is 0 Å². The highest BCUT2D eigenvalue weighted by Gasteiger charge is 2.29. The van der Waals surface area contributed by atoms with E-state index in [0.717, 1.165) is 12.8 Å². The highest BCUT2D eigenvalue weighted by atomic mass is 16.5. The first-order valence-electron chi connectivity index (χ1n) is 8.57. The fourth-order valence-electron chi connectivity index (χ4n) is 2.96. The molecule has 2 rings (SSSR count). The number of carbonyl (C=O) groups is 1. The molecule has 0 bridgehead atoms. The van der Waals surface area contributed by atoms with Gasteiger partial charge >= 0.3 is 5.97 Å². The normalized spacial score (nSPS) is 37.5. The average molecular weight is 332 g/mol. The van der Waals surface area contributed by atoms with Crippen molar-refractivity contribution in [3.63, 3.8) is 0 Å². The summed E-state index contributed by atoms with van der Waals surface area (Å²) in [4.78, 5) is 11.3. The Balaban J connectivity index is 0.000000238. The minimum absolute atomic E-state index is 0.0416. The van der Waals surface area contributed by atoms with Gasteiger partial charge in [0.05, 0.1) is 52.8 Å². The Kier molecular flexibility index (Phi) is 7.89. The van der Waals surface area contributed by atoms with Gasteiger partial charge in [-0.15, -0.1) is 0 Å². The summed E-state index contributed by atoms with van der Waals surface area (Å²) in [5.74, 6) is 0.211. The predicted molar refractivity (Wildman–Crippen MR) is 87.7 cm³/mol. The Labute approximate surface area is 139 Å². The van der Waals surface area contributed by atoms with Gasteiger partial charge in [-0.3, -0.25) is 4.79 Å². The van der Waals surface area contributed by atoms with Crippen molar-refractivity contribution in [2.24, 2.45) is 11.8 Å². The number of hydroxylamine groups is 6. The molecule has 0 aliphatic carbocycles. The first kappa shape index (κ1) is 20.3. The highest BCUT2D eigenvalue weighted by Crippen LogP contribution is 2.22. The van der Waals surface area contributed by atoms with Gasteiger partial charge in [0.15, 0.2) is 0 Å². The van der Waals surface area contributed by atoms with Gasteiger partial charge in [-0.05, 0) is 12.8 Å². The summed E-state index contributed by atoms with van der Waals surface area (Å²) < 4.78 is 4.57. The molecule has 7 nitrogen and oxygen atoms in total. The van der Waals surface area contributed by atoms with E-state index in [-0.39, 0.29) is 27.8 Å². The quantitative estimate of drug-likeness (QED) is 0.477. The molecule has 0 aromatic heterocycles. The lowest BCUT2D eigenvalue weighted by Crippen LogP contribution is -2.46. The minimum atomic E-state index is -0.212. The lowest BCUT2D eigenvalue weighted by molar-refractivity contribution is -0.867. The van der Waals surface area contributed by atoms with Crippen LogP contribution in [0.3, 0.4) is 0 Å². The number of ether oxygens (including phenoxy) is 1. The van der Waals surface area contributed by atoms with Crippen molar-refractivity contribution in [1.29, 1.82) is 0 Å². The molecule has 1 N–H and O–H groups in total. The van der Waals surface area contributed by atoms with E-state index < -0.39 is 0 Å². The number of hydrogen-bond donors (Lipinski definition) is 1. The molecule has 23 heavy (non-hydrogen) atoms. The molecule has 2 aliphatic rings. The van der Waals surface area contributed by atoms with Gasteiger partial charge in [-0.25, -0.2) is 0 Å². The summed E-state index contributed by atoms with van der Waals surface area (Å²) in [6.45, 7) is 4.89. The van der Waals surface area contributed by atoms with Crippen molar-refractivity contribution in [1.82, 2.24) is 0 Å². The molecule has 136 valence electrons. The highest BCUT2D eigenvalue weighted by molar-refractivity contribution is 5.72. The standard InChI is InChI=1S/C9H17NO3.C7H15NO2/c1-3-13-9(11)8-4-6-10(2,12)7-5-8;1-8(10)4-2-7(6-9)3-5-8/h8H,3-7H2,1-2H3;7,9H,2-6H2,1H3. The van der Waals surface area contributed by atoms with Crippen molar-refractivity contribution in [2.75, 3.05) is 53.5 Å². The lowest BCUT2D eigenvalue weighted by Gasteiger charge is -2.43. The fourth-order valence-corrected chi connectivity index (χ4v) is 2.96. The summed E-state index contributed by atoms with van der Waals surface area (Å²) in [6, 6.07) is 0. The van der Waals surface area contributed by atoms with Crippen LogP contribution >= 0.6 is 0 Å². The van der Waals surface area contributed by atoms with Crippen LogP contribution in [0.1, 0.15) is 32.6 Å². The number of carbonyl (C=O) groups excluding carboxylic acids is 1. The number of rotatable bonds is 3. The van der Waals surface area contributed by atoms with Crippen LogP contribution in [0, 0.1) is 22.3 Å². The zero-order valence-electron chi connectivity index (χ0n) is 14.7. The number of hydrogen-bond acceptors (Lipinski definition) is 5. The van der Waals surface area contributed by atoms with Crippen LogP contribution in [0.25, 0.3) is 0 Å². The Hall–Kier alpha value is -0.730. The summed E-state index contributed by atoms with van der Waals surface area (Å²) in [5.41, 5.74) is 0. The second kappa shape index (κ2) is 8.94. The van der Waals surface area contributed by atoms with Crippen LogP contribution in [-0.2, 0) is 9.53 Å². The second-order valence-corrected chi connectivity index (χ2v) is 7.14. The van der Waals surface area contributed by atoms with E-state index in [1.54, 1.807) is 21.0 Å². The topological polar surface area (TPSA) is 92.7 Å². The van der Waals surface area contributed by atoms with Gasteiger partial charge in [0.25, 0.3) is 0 Å². The maximum atomic E-state index is 11.4. The molecule has 2 fully saturated rings. The van der Waals surface area contributed by atoms with E-state index in [0.29, 0.717) is 51.5 Å². The molecule has 2 heterocycles. The molecule has 0 atom stereocenters. The van der Waals surface area contributed by atoms with E-state index in [2.05, 4.69) is 0 Å². The van der Waals surface area contributed by atoms with Crippen molar-refractivity contribution in [3.8, 4) is 0 Å². The molecule has 2 saturated heterocycles. The van der Waals surface area contributed by atoms with Gasteiger partial charge in [0.2, 0.25) is 0 Å². The Morgan fingerprint density at radius 1 is 1.04 bits per heavy atom. The van der Waals surface area contributed by atoms with Gasteiger partial charge in [0, 0.05) is 32.3 Å². The molecule has 0 saturated carbocycles. The lowest BCUT2D eigenvalue weighted by atomic mass is 9.97. The van der Waals surface area contributed by atoms with Gasteiger partial charge < -0.3 is 29.6 Å². The van der Waals surface area contributed by atoms with E-state index in [9.17, 15) is 15.2 Å². The zero-order valence-corrected chi connectivity index (χ0v) is 14.7. The third-order valence-corrected chi connectivity index (χ3v) is 4.80. The third kappa shape index (κ3) is 7.58. The Morgan fingerprint density at radius 3 is 1.87 bits per heavy atom. The molecule has 0 aromatic carbocycles. The van der Waals surface area contributed by atoms with Crippen LogP contribution < -0.4 is 0 Å². The van der Waals surface area contributed by atoms with Crippen molar-refractivity contribution < 1.29 is 23.9 Å². The van der Waals surface area contributed by atoms with E-state index in [4.69, 9.17) is 9.84 Å². The molecule has 0 spiro atoms. The average Bonchev–Trinajstić information content (AvgIpc) is 2.48. The summed E-state index contributed by atoms with van der Waals surface area (Å²) >= 11 is 0. The minimum Gasteiger partial charge on any atom is -0.633 e. The van der Waals surface area contributed by atoms with Crippen molar-refractivity contribution in [3.05, 3.63) is 10.4 Å². The van der Waals surface area contributed by atoms with Crippen LogP contribution in [0.4, 0.5) is 0 Å². The number of quaternary nitrogens is 2. The molecular formula is C16H32N2O5. The summed E-state index contributed by atoms with van der Waals surface area (Å²) in [6.07, 6.45) is 3.10. The van der Waals surface area contributed by atoms with Crippen LogP contribution in [0.2, 0.25) is 0 Å². The molecule has 0 radical (unpaired) electrons. The van der Waals surface area contributed by atoms with E-state index >= 15 is 0 Å². The zero-order chi connectivity index (χ0) is 17.5. The van der Waals surface area contributed by atoms with E-state index in [1.165, 1.54) is 0 Å². The number of nitrogens with zero attached hydrogens (tertiary/aromatic N) is 2. The van der Waals surface area contributed by atoms with Crippen LogP contribution in [0.5, 0.6) is 0 Å². The second-order valence-electron chi connectivity index (χ2n) is 7.14. The molecule has 0 aromatic rings. The number of esters is 1. The van der Waals surface area contributed by atoms with Crippen molar-refractivity contribution in [2.45, 2.75) is 32.6 Å². The number of aliphatic hydroxyl groups is 1. The molecule has 0 unspecified atom stereocenters. The first-order valence-corrected chi connectivity index (χ1v) is 8.57. The van der Waals surface area contributed by atoms with Gasteiger partial charge in [-0.1, -0.05) is 0 Å². The molecule has 0 amide bonds. The molecular weight excluding hydrogens is 300 g/mol. The Bertz CT molecular complexity index is 353. The van der Waals surface area contributed by atoms with Gasteiger partial charge in [0.1, 0.15) is 0 Å². The summed E-state index contributed by atoms with van der Waals surface area (Å²) in [7, 11) is 3.36. The number of piperidine rings is 2. The van der Waals surface area contributed by atoms with Gasteiger partial charge in [-0.2, -0.15) is 0 Å². The maximum absolute atomic E-state index is 11.4. The number of aliphatic hydroxyl groups excluding tert-OH is 1. The van der Waals surface area contributed by atoms with Crippen LogP contribution in [0.15, 0.2) is 0 Å². The first-order chi connectivity index (χ1) is 10.7. The summed E-state index contributed by atoms with van der Waals surface area (Å²) in [5, 5.41) is 31.4. The fraction of sp³-hybridized carbons (Fsp3) is 0.938. The SMILES string of the molecule is CCOC(=O)C1CC[N+](C)([O-])CC1.C[N+]1([O-])CCC(CO)CC1.